The van der Waals surface area contributed by atoms with Gasteiger partial charge in [0, 0.05) is 23.8 Å². The summed E-state index contributed by atoms with van der Waals surface area (Å²) in [5, 5.41) is 17.0. The summed E-state index contributed by atoms with van der Waals surface area (Å²) in [7, 11) is 0. The first kappa shape index (κ1) is 39.4. The summed E-state index contributed by atoms with van der Waals surface area (Å²) in [6.45, 7) is 5.57. The second-order valence-corrected chi connectivity index (χ2v) is 12.8. The number of carbonyl (C=O) groups is 4. The fraction of sp³-hybridized carbons (Fsp3) is 0.500. The Morgan fingerprint density at radius 2 is 1.53 bits per heavy atom. The molecule has 0 saturated carbocycles. The number of halogens is 6. The molecule has 0 aliphatic heterocycles. The van der Waals surface area contributed by atoms with Crippen molar-refractivity contribution in [3.05, 3.63) is 70.7 Å². The van der Waals surface area contributed by atoms with E-state index in [9.17, 15) is 46.2 Å². The van der Waals surface area contributed by atoms with Gasteiger partial charge in [0.05, 0.1) is 0 Å². The SMILES string of the molecule is CC(C)[C@H](CC(=O)[C@@H](NC(=O)[C@H](Cc1cccc(Cl)c1)NC(=O)OC(C)(C)C)c1ccccc1)[C@@H](O)C(F)(F)C(=O)NCC(F)(F)F. The van der Waals surface area contributed by atoms with E-state index in [4.69, 9.17) is 16.3 Å². The van der Waals surface area contributed by atoms with E-state index in [0.29, 0.717) is 10.6 Å². The van der Waals surface area contributed by atoms with E-state index in [0.717, 1.165) is 5.32 Å². The highest BCUT2D eigenvalue weighted by molar-refractivity contribution is 6.30. The van der Waals surface area contributed by atoms with Gasteiger partial charge in [-0.3, -0.25) is 14.4 Å². The van der Waals surface area contributed by atoms with Gasteiger partial charge in [0.2, 0.25) is 5.91 Å². The summed E-state index contributed by atoms with van der Waals surface area (Å²) in [6.07, 6.45) is -9.66. The Labute approximate surface area is 274 Å². The molecule has 0 aliphatic carbocycles. The first-order chi connectivity index (χ1) is 21.6. The van der Waals surface area contributed by atoms with Crippen LogP contribution in [0.15, 0.2) is 54.6 Å². The molecule has 0 aliphatic rings. The van der Waals surface area contributed by atoms with Crippen molar-refractivity contribution in [2.24, 2.45) is 11.8 Å². The molecule has 0 radical (unpaired) electrons. The molecule has 15 heteroatoms. The Morgan fingerprint density at radius 1 is 0.915 bits per heavy atom. The van der Waals surface area contributed by atoms with E-state index >= 15 is 0 Å². The normalized spacial score (nSPS) is 14.8. The van der Waals surface area contributed by atoms with Crippen molar-refractivity contribution in [1.82, 2.24) is 16.0 Å². The molecule has 9 nitrogen and oxygen atoms in total. The smallest absolute Gasteiger partial charge is 0.408 e. The van der Waals surface area contributed by atoms with Crippen molar-refractivity contribution >= 4 is 35.3 Å². The van der Waals surface area contributed by atoms with Gasteiger partial charge in [0.15, 0.2) is 5.78 Å². The van der Waals surface area contributed by atoms with Crippen LogP contribution in [0.1, 0.15) is 58.2 Å². The summed E-state index contributed by atoms with van der Waals surface area (Å²) in [5.41, 5.74) is -0.135. The molecule has 4 N–H and O–H groups in total. The van der Waals surface area contributed by atoms with E-state index in [1.807, 2.05) is 0 Å². The molecule has 2 rings (SSSR count). The average molecular weight is 692 g/mol. The molecule has 4 atom stereocenters. The number of Topliss-reactive ketones (excluding diaryl/α,β-unsaturated/α-hetero) is 1. The largest absolute Gasteiger partial charge is 0.444 e. The Bertz CT molecular complexity index is 1390. The van der Waals surface area contributed by atoms with E-state index in [1.165, 1.54) is 26.0 Å². The second kappa shape index (κ2) is 16.4. The number of aliphatic hydroxyl groups excluding tert-OH is 1. The number of hydrogen-bond acceptors (Lipinski definition) is 6. The minimum atomic E-state index is -4.98. The lowest BCUT2D eigenvalue weighted by atomic mass is 9.81. The van der Waals surface area contributed by atoms with E-state index in [1.54, 1.807) is 63.2 Å². The van der Waals surface area contributed by atoms with Crippen LogP contribution in [0.4, 0.5) is 26.7 Å². The average Bonchev–Trinajstić information content (AvgIpc) is 2.95. The van der Waals surface area contributed by atoms with Crippen molar-refractivity contribution in [2.75, 3.05) is 6.54 Å². The maximum Gasteiger partial charge on any atom is 0.408 e. The van der Waals surface area contributed by atoms with Crippen LogP contribution in [0.2, 0.25) is 5.02 Å². The Morgan fingerprint density at radius 3 is 2.06 bits per heavy atom. The topological polar surface area (TPSA) is 134 Å². The van der Waals surface area contributed by atoms with Crippen molar-refractivity contribution in [3.63, 3.8) is 0 Å². The van der Waals surface area contributed by atoms with Crippen LogP contribution in [0, 0.1) is 11.8 Å². The van der Waals surface area contributed by atoms with Crippen LogP contribution in [-0.4, -0.2) is 65.2 Å². The second-order valence-electron chi connectivity index (χ2n) is 12.3. The van der Waals surface area contributed by atoms with Crippen molar-refractivity contribution in [1.29, 1.82) is 0 Å². The fourth-order valence-electron chi connectivity index (χ4n) is 4.56. The molecule has 0 unspecified atom stereocenters. The Balaban J connectivity index is 2.40. The van der Waals surface area contributed by atoms with Crippen LogP contribution in [-0.2, 0) is 25.5 Å². The first-order valence-electron chi connectivity index (χ1n) is 14.6. The van der Waals surface area contributed by atoms with Crippen LogP contribution < -0.4 is 16.0 Å². The minimum Gasteiger partial charge on any atom is -0.444 e. The minimum absolute atomic E-state index is 0.0894. The van der Waals surface area contributed by atoms with E-state index < -0.39 is 84.4 Å². The van der Waals surface area contributed by atoms with Gasteiger partial charge in [0.1, 0.15) is 30.3 Å². The third kappa shape index (κ3) is 12.7. The highest BCUT2D eigenvalue weighted by Crippen LogP contribution is 2.33. The molecule has 0 aromatic heterocycles. The molecular formula is C32H39ClF5N3O6. The summed E-state index contributed by atoms with van der Waals surface area (Å²) in [6, 6.07) is 11.4. The van der Waals surface area contributed by atoms with Gasteiger partial charge in [0.25, 0.3) is 5.91 Å². The number of nitrogens with one attached hydrogen (secondary N) is 3. The van der Waals surface area contributed by atoms with Gasteiger partial charge >= 0.3 is 18.2 Å². The van der Waals surface area contributed by atoms with Crippen LogP contribution in [0.3, 0.4) is 0 Å². The molecule has 3 amide bonds. The van der Waals surface area contributed by atoms with Gasteiger partial charge in [-0.2, -0.15) is 22.0 Å². The fourth-order valence-corrected chi connectivity index (χ4v) is 4.77. The molecule has 0 heterocycles. The van der Waals surface area contributed by atoms with Gasteiger partial charge in [-0.15, -0.1) is 0 Å². The number of alkyl carbamates (subject to hydrolysis) is 1. The number of carbonyl (C=O) groups excluding carboxylic acids is 4. The number of rotatable bonds is 14. The molecule has 47 heavy (non-hydrogen) atoms. The van der Waals surface area contributed by atoms with Crippen LogP contribution in [0.5, 0.6) is 0 Å². The predicted octanol–water partition coefficient (Wildman–Crippen LogP) is 5.54. The lowest BCUT2D eigenvalue weighted by Crippen LogP contribution is -2.54. The lowest BCUT2D eigenvalue weighted by molar-refractivity contribution is -0.178. The van der Waals surface area contributed by atoms with Crippen molar-refractivity contribution in [3.8, 4) is 0 Å². The van der Waals surface area contributed by atoms with Crippen LogP contribution >= 0.6 is 11.6 Å². The van der Waals surface area contributed by atoms with Crippen molar-refractivity contribution in [2.45, 2.75) is 83.3 Å². The standard InChI is InChI=1S/C32H39ClF5N3O6/c1-18(2)22(26(43)32(37,38)28(45)39-17-31(34,35)36)16-24(42)25(20-11-7-6-8-12-20)41-27(44)23(40-29(46)47-30(3,4)5)15-19-10-9-13-21(33)14-19/h6-14,18,22-23,25-26,43H,15-17H2,1-5H3,(H,39,45)(H,40,46)(H,41,44)/t22-,23-,25-,26+/m0/s1. The predicted molar refractivity (Wildman–Crippen MR) is 164 cm³/mol. The summed E-state index contributed by atoms with van der Waals surface area (Å²) >= 11 is 6.09. The third-order valence-electron chi connectivity index (χ3n) is 6.90. The lowest BCUT2D eigenvalue weighted by Gasteiger charge is -2.32. The highest BCUT2D eigenvalue weighted by Gasteiger charge is 2.52. The maximum atomic E-state index is 14.9. The molecule has 0 bridgehead atoms. The zero-order valence-electron chi connectivity index (χ0n) is 26.5. The Kier molecular flexibility index (Phi) is 13.7. The molecule has 2 aromatic rings. The number of aliphatic hydroxyl groups is 1. The van der Waals surface area contributed by atoms with Gasteiger partial charge < -0.3 is 25.8 Å². The number of hydrogen-bond donors (Lipinski definition) is 4. The monoisotopic (exact) mass is 691 g/mol. The van der Waals surface area contributed by atoms with Gasteiger partial charge in [-0.1, -0.05) is 67.9 Å². The zero-order valence-corrected chi connectivity index (χ0v) is 27.2. The summed E-state index contributed by atoms with van der Waals surface area (Å²) in [4.78, 5) is 52.1. The molecular weight excluding hydrogens is 653 g/mol. The number of benzene rings is 2. The molecule has 2 aromatic carbocycles. The zero-order chi connectivity index (χ0) is 35.7. The number of amides is 3. The molecule has 0 spiro atoms. The van der Waals surface area contributed by atoms with E-state index in [2.05, 4.69) is 10.6 Å². The van der Waals surface area contributed by atoms with E-state index in [-0.39, 0.29) is 12.0 Å². The van der Waals surface area contributed by atoms with Gasteiger partial charge in [-0.25, -0.2) is 4.79 Å². The maximum absolute atomic E-state index is 14.9. The number of ether oxygens (including phenoxy) is 1. The quantitative estimate of drug-likeness (QED) is 0.192. The van der Waals surface area contributed by atoms with Crippen molar-refractivity contribution < 1.29 is 51.0 Å². The molecule has 0 fully saturated rings. The Hall–Kier alpha value is -3.78. The number of ketones is 1. The van der Waals surface area contributed by atoms with Gasteiger partial charge in [-0.05, 0) is 49.9 Å². The molecule has 260 valence electrons. The first-order valence-corrected chi connectivity index (χ1v) is 15.0. The summed E-state index contributed by atoms with van der Waals surface area (Å²) in [5.74, 6) is -11.2. The van der Waals surface area contributed by atoms with Crippen LogP contribution in [0.25, 0.3) is 0 Å². The summed E-state index contributed by atoms with van der Waals surface area (Å²) < 4.78 is 72.6. The highest BCUT2D eigenvalue weighted by atomic mass is 35.5. The third-order valence-corrected chi connectivity index (χ3v) is 7.14. The molecule has 0 saturated heterocycles. The number of alkyl halides is 5.